The Balaban J connectivity index is 1.70. The number of pyridine rings is 1. The van der Waals surface area contributed by atoms with E-state index in [9.17, 15) is 5.11 Å². The molecule has 0 spiro atoms. The Bertz CT molecular complexity index is 1020. The van der Waals surface area contributed by atoms with Crippen molar-refractivity contribution in [3.63, 3.8) is 0 Å². The molecule has 2 aliphatic rings. The molecule has 1 aliphatic carbocycles. The van der Waals surface area contributed by atoms with Gasteiger partial charge in [0, 0.05) is 12.1 Å². The summed E-state index contributed by atoms with van der Waals surface area (Å²) in [7, 11) is 0. The fourth-order valence-electron chi connectivity index (χ4n) is 4.59. The maximum atomic E-state index is 11.6. The first-order chi connectivity index (χ1) is 14.0. The van der Waals surface area contributed by atoms with E-state index in [-0.39, 0.29) is 6.04 Å². The molecular formula is C21H27N5O2S. The second kappa shape index (κ2) is 7.34. The van der Waals surface area contributed by atoms with E-state index >= 15 is 0 Å². The number of hydrogen-bond donors (Lipinski definition) is 2. The number of hydrogen-bond acceptors (Lipinski definition) is 7. The number of aromatic nitrogens is 4. The number of nitrogens with zero attached hydrogens (tertiary/aromatic N) is 4. The number of ether oxygens (including phenoxy) is 1. The van der Waals surface area contributed by atoms with Gasteiger partial charge in [0.1, 0.15) is 17.0 Å². The fraction of sp³-hybridized carbons (Fsp3) is 0.571. The average molecular weight is 414 g/mol. The largest absolute Gasteiger partial charge is 0.385 e. The number of aliphatic hydroxyl groups is 1. The van der Waals surface area contributed by atoms with Crippen LogP contribution in [-0.2, 0) is 10.3 Å². The first-order valence-electron chi connectivity index (χ1n) is 10.5. The molecule has 7 nitrogen and oxygen atoms in total. The second-order valence-corrected chi connectivity index (χ2v) is 9.14. The van der Waals surface area contributed by atoms with E-state index in [0.717, 1.165) is 70.9 Å². The van der Waals surface area contributed by atoms with Crippen molar-refractivity contribution in [3.8, 4) is 11.4 Å². The van der Waals surface area contributed by atoms with Gasteiger partial charge in [-0.25, -0.2) is 4.98 Å². The molecule has 8 heteroatoms. The third kappa shape index (κ3) is 3.33. The summed E-state index contributed by atoms with van der Waals surface area (Å²) in [5.74, 6) is 0.903. The van der Waals surface area contributed by atoms with Crippen molar-refractivity contribution in [2.24, 2.45) is 0 Å². The normalized spacial score (nSPS) is 22.3. The highest BCUT2D eigenvalue weighted by atomic mass is 32.1. The van der Waals surface area contributed by atoms with E-state index in [2.05, 4.69) is 28.1 Å². The van der Waals surface area contributed by atoms with Crippen molar-refractivity contribution < 1.29 is 9.84 Å². The quantitative estimate of drug-likeness (QED) is 0.680. The highest BCUT2D eigenvalue weighted by molar-refractivity contribution is 7.13. The maximum absolute atomic E-state index is 11.6. The summed E-state index contributed by atoms with van der Waals surface area (Å²) < 4.78 is 11.3. The van der Waals surface area contributed by atoms with Gasteiger partial charge in [-0.3, -0.25) is 5.10 Å². The van der Waals surface area contributed by atoms with E-state index in [1.54, 1.807) is 0 Å². The van der Waals surface area contributed by atoms with E-state index < -0.39 is 5.60 Å². The third-order valence-corrected chi connectivity index (χ3v) is 7.09. The number of H-pyrrole nitrogens is 1. The van der Waals surface area contributed by atoms with Crippen LogP contribution in [0.4, 0.5) is 5.82 Å². The van der Waals surface area contributed by atoms with E-state index in [4.69, 9.17) is 14.1 Å². The van der Waals surface area contributed by atoms with Gasteiger partial charge in [-0.1, -0.05) is 19.3 Å². The minimum atomic E-state index is -0.808. The number of aryl methyl sites for hydroxylation is 1. The zero-order valence-corrected chi connectivity index (χ0v) is 17.8. The van der Waals surface area contributed by atoms with Crippen LogP contribution in [0.25, 0.3) is 21.6 Å². The zero-order valence-electron chi connectivity index (χ0n) is 16.9. The van der Waals surface area contributed by atoms with Gasteiger partial charge < -0.3 is 14.7 Å². The van der Waals surface area contributed by atoms with Crippen molar-refractivity contribution in [2.45, 2.75) is 57.6 Å². The molecule has 4 heterocycles. The lowest BCUT2D eigenvalue weighted by atomic mass is 9.79. The van der Waals surface area contributed by atoms with Gasteiger partial charge in [0.15, 0.2) is 0 Å². The van der Waals surface area contributed by atoms with Crippen LogP contribution >= 0.6 is 11.5 Å². The Morgan fingerprint density at radius 3 is 2.83 bits per heavy atom. The number of fused-ring (bicyclic) bond motifs is 1. The van der Waals surface area contributed by atoms with Crippen LogP contribution < -0.4 is 4.90 Å². The molecule has 3 aromatic heterocycles. The third-order valence-electron chi connectivity index (χ3n) is 6.22. The molecule has 2 N–H and O–H groups in total. The fourth-order valence-corrected chi connectivity index (χ4v) is 5.54. The molecule has 0 radical (unpaired) electrons. The van der Waals surface area contributed by atoms with Crippen LogP contribution in [-0.4, -0.2) is 50.5 Å². The van der Waals surface area contributed by atoms with Gasteiger partial charge in [0.25, 0.3) is 0 Å². The van der Waals surface area contributed by atoms with Crippen LogP contribution in [0.1, 0.15) is 50.3 Å². The summed E-state index contributed by atoms with van der Waals surface area (Å²) in [5.41, 5.74) is 3.63. The molecule has 154 valence electrons. The molecule has 5 rings (SSSR count). The molecule has 1 aliphatic heterocycles. The summed E-state index contributed by atoms with van der Waals surface area (Å²) in [6, 6.07) is 4.34. The predicted octanol–water partition coefficient (Wildman–Crippen LogP) is 3.77. The number of rotatable bonds is 3. The average Bonchev–Trinajstić information content (AvgIpc) is 3.34. The van der Waals surface area contributed by atoms with E-state index in [0.29, 0.717) is 13.2 Å². The lowest BCUT2D eigenvalue weighted by molar-refractivity contribution is 0.000856. The Morgan fingerprint density at radius 1 is 1.28 bits per heavy atom. The maximum Gasteiger partial charge on any atom is 0.130 e. The Labute approximate surface area is 174 Å². The van der Waals surface area contributed by atoms with E-state index in [1.165, 1.54) is 18.0 Å². The molecule has 0 amide bonds. The summed E-state index contributed by atoms with van der Waals surface area (Å²) in [6.45, 7) is 6.30. The van der Waals surface area contributed by atoms with Crippen LogP contribution in [0, 0.1) is 6.92 Å². The zero-order chi connectivity index (χ0) is 20.0. The van der Waals surface area contributed by atoms with Crippen molar-refractivity contribution >= 4 is 27.6 Å². The van der Waals surface area contributed by atoms with Crippen molar-refractivity contribution in [1.29, 1.82) is 0 Å². The Morgan fingerprint density at radius 2 is 2.10 bits per heavy atom. The standard InChI is InChI=1S/C21H27N5O2S/c1-13-10-16(24-23-13)18-19-20(29-25-18)15(21(27)6-4-3-5-7-21)11-17(22-19)26-8-9-28-12-14(26)2/h10-11,14,27H,3-9,12H2,1-2H3,(H,23,24). The van der Waals surface area contributed by atoms with Crippen molar-refractivity contribution in [3.05, 3.63) is 23.4 Å². The van der Waals surface area contributed by atoms with Gasteiger partial charge >= 0.3 is 0 Å². The summed E-state index contributed by atoms with van der Waals surface area (Å²) in [4.78, 5) is 7.33. The number of nitrogens with one attached hydrogen (secondary N) is 1. The number of morpholine rings is 1. The van der Waals surface area contributed by atoms with Crippen molar-refractivity contribution in [1.82, 2.24) is 19.6 Å². The second-order valence-electron chi connectivity index (χ2n) is 8.37. The SMILES string of the molecule is Cc1cc(-c2nsc3c(C4(O)CCCCC4)cc(N4CCOCC4C)nc23)[nH]n1. The van der Waals surface area contributed by atoms with Gasteiger partial charge in [-0.15, -0.1) is 0 Å². The molecular weight excluding hydrogens is 386 g/mol. The van der Waals surface area contributed by atoms with Gasteiger partial charge in [-0.05, 0) is 50.4 Å². The lowest BCUT2D eigenvalue weighted by Crippen LogP contribution is -2.44. The molecule has 1 unspecified atom stereocenters. The molecule has 2 fully saturated rings. The number of aromatic amines is 1. The summed E-state index contributed by atoms with van der Waals surface area (Å²) >= 11 is 1.43. The first-order valence-corrected chi connectivity index (χ1v) is 11.2. The number of anilines is 1. The summed E-state index contributed by atoms with van der Waals surface area (Å²) in [5, 5.41) is 18.9. The summed E-state index contributed by atoms with van der Waals surface area (Å²) in [6.07, 6.45) is 4.87. The molecule has 29 heavy (non-hydrogen) atoms. The Hall–Kier alpha value is -2.03. The topological polar surface area (TPSA) is 87.2 Å². The van der Waals surface area contributed by atoms with Gasteiger partial charge in [0.05, 0.1) is 40.9 Å². The monoisotopic (exact) mass is 413 g/mol. The molecule has 3 aromatic rings. The van der Waals surface area contributed by atoms with Gasteiger partial charge in [0.2, 0.25) is 0 Å². The minimum Gasteiger partial charge on any atom is -0.385 e. The molecule has 1 atom stereocenters. The minimum absolute atomic E-state index is 0.243. The highest BCUT2D eigenvalue weighted by Gasteiger charge is 2.35. The molecule has 0 aromatic carbocycles. The predicted molar refractivity (Wildman–Crippen MR) is 114 cm³/mol. The van der Waals surface area contributed by atoms with Crippen LogP contribution in [0.2, 0.25) is 0 Å². The van der Waals surface area contributed by atoms with Crippen LogP contribution in [0.3, 0.4) is 0 Å². The Kier molecular flexibility index (Phi) is 4.80. The first kappa shape index (κ1) is 19.0. The van der Waals surface area contributed by atoms with Crippen molar-refractivity contribution in [2.75, 3.05) is 24.7 Å². The van der Waals surface area contributed by atoms with Crippen LogP contribution in [0.15, 0.2) is 12.1 Å². The molecule has 0 bridgehead atoms. The van der Waals surface area contributed by atoms with Gasteiger partial charge in [-0.2, -0.15) is 9.47 Å². The lowest BCUT2D eigenvalue weighted by Gasteiger charge is -2.36. The van der Waals surface area contributed by atoms with E-state index in [1.807, 2.05) is 13.0 Å². The molecule has 1 saturated heterocycles. The highest BCUT2D eigenvalue weighted by Crippen LogP contribution is 2.44. The van der Waals surface area contributed by atoms with Crippen LogP contribution in [0.5, 0.6) is 0 Å². The smallest absolute Gasteiger partial charge is 0.130 e. The molecule has 1 saturated carbocycles.